The molecule has 0 spiro atoms. The molecular weight excluding hydrogens is 356 g/mol. The zero-order valence-corrected chi connectivity index (χ0v) is 14.4. The number of aromatic nitrogens is 3. The number of rotatable bonds is 4. The highest BCUT2D eigenvalue weighted by Gasteiger charge is 2.19. The Kier molecular flexibility index (Phi) is 4.06. The molecule has 0 bridgehead atoms. The molecule has 1 amide bonds. The van der Waals surface area contributed by atoms with Gasteiger partial charge >= 0.3 is 0 Å². The number of fused-ring (bicyclic) bond motifs is 1. The van der Waals surface area contributed by atoms with E-state index in [9.17, 15) is 4.79 Å². The van der Waals surface area contributed by atoms with Gasteiger partial charge in [-0.2, -0.15) is 5.10 Å². The number of aromatic amines is 1. The van der Waals surface area contributed by atoms with Gasteiger partial charge in [0.25, 0.3) is 5.91 Å². The van der Waals surface area contributed by atoms with Crippen molar-refractivity contribution in [1.29, 1.82) is 0 Å². The number of anilines is 1. The lowest BCUT2D eigenvalue weighted by Gasteiger charge is -2.10. The normalized spacial score (nSPS) is 10.8. The zero-order valence-electron chi connectivity index (χ0n) is 13.6. The van der Waals surface area contributed by atoms with Crippen molar-refractivity contribution in [2.24, 2.45) is 0 Å². The number of halogens is 1. The summed E-state index contributed by atoms with van der Waals surface area (Å²) in [6, 6.07) is 8.70. The molecule has 0 radical (unpaired) electrons. The Morgan fingerprint density at radius 2 is 2.23 bits per heavy atom. The Balaban J connectivity index is 1.70. The van der Waals surface area contributed by atoms with Gasteiger partial charge in [0.15, 0.2) is 5.58 Å². The van der Waals surface area contributed by atoms with Crippen LogP contribution in [-0.4, -0.2) is 28.2 Å². The molecule has 0 fully saturated rings. The van der Waals surface area contributed by atoms with E-state index < -0.39 is 0 Å². The van der Waals surface area contributed by atoms with Crippen molar-refractivity contribution in [3.63, 3.8) is 0 Å². The van der Waals surface area contributed by atoms with E-state index in [1.807, 2.05) is 0 Å². The Labute approximate surface area is 152 Å². The molecule has 8 heteroatoms. The lowest BCUT2D eigenvalue weighted by Crippen LogP contribution is -2.12. The molecule has 26 heavy (non-hydrogen) atoms. The number of benzene rings is 1. The highest BCUT2D eigenvalue weighted by molar-refractivity contribution is 6.31. The van der Waals surface area contributed by atoms with Crippen LogP contribution in [0.25, 0.3) is 22.4 Å². The Hall–Kier alpha value is -3.32. The molecule has 3 heterocycles. The summed E-state index contributed by atoms with van der Waals surface area (Å²) in [5, 5.41) is 10.3. The van der Waals surface area contributed by atoms with Gasteiger partial charge in [0.05, 0.1) is 24.7 Å². The smallest absolute Gasteiger partial charge is 0.261 e. The van der Waals surface area contributed by atoms with Crippen LogP contribution in [0.2, 0.25) is 5.02 Å². The molecule has 1 aromatic carbocycles. The molecule has 0 unspecified atom stereocenters. The second-order valence-electron chi connectivity index (χ2n) is 5.46. The molecule has 130 valence electrons. The number of methoxy groups -OCH3 is 1. The summed E-state index contributed by atoms with van der Waals surface area (Å²) in [6.07, 6.45) is 4.50. The first-order valence-electron chi connectivity index (χ1n) is 7.68. The number of carbonyl (C=O) groups excluding carboxylic acids is 1. The summed E-state index contributed by atoms with van der Waals surface area (Å²) in [7, 11) is 1.56. The maximum atomic E-state index is 12.7. The number of H-pyrrole nitrogens is 1. The van der Waals surface area contributed by atoms with Gasteiger partial charge in [-0.3, -0.25) is 14.9 Å². The molecule has 2 N–H and O–H groups in total. The van der Waals surface area contributed by atoms with Gasteiger partial charge < -0.3 is 14.5 Å². The maximum Gasteiger partial charge on any atom is 0.261 e. The van der Waals surface area contributed by atoms with Crippen LogP contribution in [0.5, 0.6) is 5.75 Å². The van der Waals surface area contributed by atoms with Crippen molar-refractivity contribution >= 4 is 34.3 Å². The number of pyridine rings is 1. The van der Waals surface area contributed by atoms with Crippen LogP contribution in [0, 0.1) is 0 Å². The van der Waals surface area contributed by atoms with Crippen molar-refractivity contribution in [2.45, 2.75) is 0 Å². The van der Waals surface area contributed by atoms with Crippen LogP contribution in [0.4, 0.5) is 5.69 Å². The van der Waals surface area contributed by atoms with Crippen LogP contribution in [0.15, 0.2) is 53.4 Å². The molecule has 0 atom stereocenters. The number of amides is 1. The Bertz CT molecular complexity index is 1100. The fourth-order valence-corrected chi connectivity index (χ4v) is 2.85. The van der Waals surface area contributed by atoms with Gasteiger partial charge in [-0.1, -0.05) is 11.6 Å². The van der Waals surface area contributed by atoms with E-state index in [4.69, 9.17) is 20.8 Å². The Morgan fingerprint density at radius 3 is 3.08 bits per heavy atom. The van der Waals surface area contributed by atoms with Crippen LogP contribution in [0.3, 0.4) is 0 Å². The Morgan fingerprint density at radius 1 is 1.35 bits per heavy atom. The summed E-state index contributed by atoms with van der Waals surface area (Å²) in [6.45, 7) is 0. The third kappa shape index (κ3) is 2.78. The van der Waals surface area contributed by atoms with E-state index in [2.05, 4.69) is 20.5 Å². The predicted octanol–water partition coefficient (Wildman–Crippen LogP) is 4.13. The minimum absolute atomic E-state index is 0.339. The summed E-state index contributed by atoms with van der Waals surface area (Å²) in [5.41, 5.74) is 3.13. The summed E-state index contributed by atoms with van der Waals surface area (Å²) >= 11 is 6.10. The summed E-state index contributed by atoms with van der Waals surface area (Å²) < 4.78 is 10.7. The van der Waals surface area contributed by atoms with E-state index in [1.54, 1.807) is 43.6 Å². The van der Waals surface area contributed by atoms with Gasteiger partial charge in [0.1, 0.15) is 23.1 Å². The molecule has 4 rings (SSSR count). The van der Waals surface area contributed by atoms with E-state index in [0.717, 1.165) is 0 Å². The van der Waals surface area contributed by atoms with E-state index in [1.165, 1.54) is 12.5 Å². The average Bonchev–Trinajstić information content (AvgIpc) is 3.28. The number of hydrogen-bond donors (Lipinski definition) is 2. The van der Waals surface area contributed by atoms with Crippen molar-refractivity contribution in [1.82, 2.24) is 15.2 Å². The van der Waals surface area contributed by atoms with Crippen molar-refractivity contribution < 1.29 is 13.9 Å². The van der Waals surface area contributed by atoms with Crippen molar-refractivity contribution in [3.05, 3.63) is 59.6 Å². The number of hydrogen-bond acceptors (Lipinski definition) is 5. The molecule has 7 nitrogen and oxygen atoms in total. The first kappa shape index (κ1) is 16.2. The van der Waals surface area contributed by atoms with E-state index in [-0.39, 0.29) is 5.91 Å². The number of ether oxygens (including phenoxy) is 1. The van der Waals surface area contributed by atoms with Gasteiger partial charge in [-0.15, -0.1) is 0 Å². The molecule has 0 aliphatic carbocycles. The molecule has 0 aliphatic heterocycles. The SMILES string of the molecule is COc1ccc(Cl)cc1-c1[nH]ncc1NC(=O)c1coc2cccnc12. The van der Waals surface area contributed by atoms with Crippen LogP contribution >= 0.6 is 11.6 Å². The predicted molar refractivity (Wildman–Crippen MR) is 97.5 cm³/mol. The largest absolute Gasteiger partial charge is 0.496 e. The number of furan rings is 1. The van der Waals surface area contributed by atoms with Crippen molar-refractivity contribution in [2.75, 3.05) is 12.4 Å². The topological polar surface area (TPSA) is 93.0 Å². The standard InChI is InChI=1S/C18H13ClN4O3/c1-25-14-5-4-10(19)7-11(14)16-13(8-21-23-16)22-18(24)12-9-26-15-3-2-6-20-17(12)15/h2-9H,1H3,(H,21,23)(H,22,24). The maximum absolute atomic E-state index is 12.7. The summed E-state index contributed by atoms with van der Waals surface area (Å²) in [5.74, 6) is 0.246. The number of carbonyl (C=O) groups is 1. The van der Waals surface area contributed by atoms with Crippen LogP contribution in [0.1, 0.15) is 10.4 Å². The third-order valence-corrected chi connectivity index (χ3v) is 4.13. The van der Waals surface area contributed by atoms with Gasteiger partial charge in [-0.05, 0) is 30.3 Å². The zero-order chi connectivity index (χ0) is 18.1. The molecule has 0 saturated heterocycles. The fraction of sp³-hybridized carbons (Fsp3) is 0.0556. The number of nitrogens with one attached hydrogen (secondary N) is 2. The lowest BCUT2D eigenvalue weighted by molar-refractivity contribution is 0.102. The highest BCUT2D eigenvalue weighted by Crippen LogP contribution is 2.35. The average molecular weight is 369 g/mol. The van der Waals surface area contributed by atoms with E-state index in [0.29, 0.717) is 44.4 Å². The van der Waals surface area contributed by atoms with Crippen molar-refractivity contribution in [3.8, 4) is 17.0 Å². The van der Waals surface area contributed by atoms with Gasteiger partial charge in [0.2, 0.25) is 0 Å². The minimum atomic E-state index is -0.355. The number of nitrogens with zero attached hydrogens (tertiary/aromatic N) is 2. The molecule has 0 saturated carbocycles. The minimum Gasteiger partial charge on any atom is -0.496 e. The molecule has 3 aromatic heterocycles. The van der Waals surface area contributed by atoms with E-state index >= 15 is 0 Å². The second-order valence-corrected chi connectivity index (χ2v) is 5.89. The lowest BCUT2D eigenvalue weighted by atomic mass is 10.1. The van der Waals surface area contributed by atoms with Gasteiger partial charge in [-0.25, -0.2) is 0 Å². The summed E-state index contributed by atoms with van der Waals surface area (Å²) in [4.78, 5) is 16.9. The fourth-order valence-electron chi connectivity index (χ4n) is 2.68. The highest BCUT2D eigenvalue weighted by atomic mass is 35.5. The second kappa shape index (κ2) is 6.53. The molecular formula is C18H13ClN4O3. The first-order valence-corrected chi connectivity index (χ1v) is 8.06. The van der Waals surface area contributed by atoms with Crippen LogP contribution < -0.4 is 10.1 Å². The molecule has 0 aliphatic rings. The quantitative estimate of drug-likeness (QED) is 0.565. The molecule has 4 aromatic rings. The monoisotopic (exact) mass is 368 g/mol. The first-order chi connectivity index (χ1) is 12.7. The van der Waals surface area contributed by atoms with Crippen LogP contribution in [-0.2, 0) is 0 Å². The third-order valence-electron chi connectivity index (χ3n) is 3.89. The van der Waals surface area contributed by atoms with Gasteiger partial charge in [0, 0.05) is 16.8 Å².